The summed E-state index contributed by atoms with van der Waals surface area (Å²) in [6.07, 6.45) is 0. The van der Waals surface area contributed by atoms with Gasteiger partial charge < -0.3 is 0 Å². The molecule has 0 unspecified atom stereocenters. The molecule has 0 radical (unpaired) electrons. The number of carbonyl (C=O) groups is 2. The van der Waals surface area contributed by atoms with Gasteiger partial charge in [0, 0.05) is 43.9 Å². The van der Waals surface area contributed by atoms with E-state index in [-0.39, 0.29) is 11.6 Å². The molecule has 0 bridgehead atoms. The van der Waals surface area contributed by atoms with Gasteiger partial charge in [-0.05, 0) is 48.2 Å². The van der Waals surface area contributed by atoms with Crippen LogP contribution < -0.4 is 0 Å². The van der Waals surface area contributed by atoms with Gasteiger partial charge in [-0.3, -0.25) is 19.4 Å². The van der Waals surface area contributed by atoms with Gasteiger partial charge in [-0.25, -0.2) is 4.39 Å². The lowest BCUT2D eigenvalue weighted by atomic mass is 9.81. The molecule has 0 atom stereocenters. The fraction of sp³-hybridized carbons (Fsp3) is 0.286. The Morgan fingerprint density at radius 1 is 0.818 bits per heavy atom. The summed E-state index contributed by atoms with van der Waals surface area (Å²) in [6, 6.07) is 19.9. The van der Waals surface area contributed by atoms with E-state index >= 15 is 0 Å². The molecule has 5 heteroatoms. The molecule has 3 aromatic carbocycles. The van der Waals surface area contributed by atoms with Gasteiger partial charge in [0.15, 0.2) is 17.1 Å². The lowest BCUT2D eigenvalue weighted by Crippen LogP contribution is -2.60. The van der Waals surface area contributed by atoms with E-state index in [4.69, 9.17) is 0 Å². The van der Waals surface area contributed by atoms with E-state index in [2.05, 4.69) is 24.0 Å². The van der Waals surface area contributed by atoms with Crippen LogP contribution in [0, 0.1) is 19.7 Å². The smallest absolute Gasteiger partial charge is 0.196 e. The van der Waals surface area contributed by atoms with Crippen LogP contribution in [0.2, 0.25) is 0 Å². The van der Waals surface area contributed by atoms with Gasteiger partial charge in [-0.15, -0.1) is 0 Å². The Morgan fingerprint density at radius 2 is 1.42 bits per heavy atom. The Bertz CT molecular complexity index is 1190. The minimum absolute atomic E-state index is 0.250. The molecule has 1 aliphatic carbocycles. The highest BCUT2D eigenvalue weighted by Crippen LogP contribution is 2.43. The van der Waals surface area contributed by atoms with E-state index in [1.807, 2.05) is 17.0 Å². The number of piperazine rings is 1. The van der Waals surface area contributed by atoms with Crippen molar-refractivity contribution in [1.29, 1.82) is 0 Å². The molecule has 1 aliphatic heterocycles. The predicted octanol–water partition coefficient (Wildman–Crippen LogP) is 4.53. The Hall–Kier alpha value is -3.15. The normalized spacial score (nSPS) is 18.5. The summed E-state index contributed by atoms with van der Waals surface area (Å²) >= 11 is 0. The van der Waals surface area contributed by atoms with Crippen molar-refractivity contribution in [2.45, 2.75) is 25.9 Å². The second-order valence-corrected chi connectivity index (χ2v) is 9.12. The third-order valence-electron chi connectivity index (χ3n) is 7.04. The highest BCUT2D eigenvalue weighted by molar-refractivity contribution is 6.32. The van der Waals surface area contributed by atoms with Gasteiger partial charge in [0.2, 0.25) is 0 Å². The summed E-state index contributed by atoms with van der Waals surface area (Å²) in [4.78, 5) is 32.1. The van der Waals surface area contributed by atoms with Crippen molar-refractivity contribution in [3.05, 3.63) is 106 Å². The zero-order valence-electron chi connectivity index (χ0n) is 19.0. The first-order chi connectivity index (χ1) is 15.9. The van der Waals surface area contributed by atoms with Crippen molar-refractivity contribution in [3.8, 4) is 0 Å². The molecule has 1 saturated heterocycles. The van der Waals surface area contributed by atoms with Crippen LogP contribution in [0.1, 0.15) is 43.0 Å². The van der Waals surface area contributed by atoms with Gasteiger partial charge in [0.25, 0.3) is 0 Å². The summed E-state index contributed by atoms with van der Waals surface area (Å²) < 4.78 is 14.5. The van der Waals surface area contributed by atoms with Crippen LogP contribution in [-0.4, -0.2) is 47.5 Å². The molecule has 0 saturated carbocycles. The molecule has 3 aromatic rings. The molecule has 0 N–H and O–H groups in total. The number of nitrogens with zero attached hydrogens (tertiary/aromatic N) is 2. The van der Waals surface area contributed by atoms with Crippen LogP contribution >= 0.6 is 0 Å². The van der Waals surface area contributed by atoms with Gasteiger partial charge in [0.1, 0.15) is 5.82 Å². The molecule has 4 nitrogen and oxygen atoms in total. The number of fused-ring (bicyclic) bond motifs is 1. The molecule has 5 rings (SSSR count). The Balaban J connectivity index is 1.50. The second-order valence-electron chi connectivity index (χ2n) is 9.12. The highest BCUT2D eigenvalue weighted by Gasteiger charge is 2.58. The average Bonchev–Trinajstić information content (AvgIpc) is 3.03. The lowest BCUT2D eigenvalue weighted by molar-refractivity contribution is 0.0278. The first-order valence-electron chi connectivity index (χ1n) is 11.4. The number of carbonyl (C=O) groups excluding carboxylic acids is 2. The average molecular weight is 443 g/mol. The molecule has 168 valence electrons. The summed E-state index contributed by atoms with van der Waals surface area (Å²) in [6.45, 7) is 7.27. The zero-order chi connectivity index (χ0) is 23.2. The number of benzene rings is 3. The number of aryl methyl sites for hydroxylation is 2. The number of ketones is 2. The number of rotatable bonds is 4. The Labute approximate surface area is 193 Å². The van der Waals surface area contributed by atoms with E-state index in [0.717, 1.165) is 19.6 Å². The molecular formula is C28H27FN2O2. The maximum Gasteiger partial charge on any atom is 0.196 e. The third kappa shape index (κ3) is 3.52. The molecule has 33 heavy (non-hydrogen) atoms. The number of hydrogen-bond acceptors (Lipinski definition) is 4. The first-order valence-corrected chi connectivity index (χ1v) is 11.4. The number of halogens is 1. The minimum Gasteiger partial charge on any atom is -0.297 e. The van der Waals surface area contributed by atoms with Gasteiger partial charge in [0.05, 0.1) is 0 Å². The second kappa shape index (κ2) is 8.32. The molecular weight excluding hydrogens is 415 g/mol. The van der Waals surface area contributed by atoms with Crippen molar-refractivity contribution in [1.82, 2.24) is 9.80 Å². The highest BCUT2D eigenvalue weighted by atomic mass is 19.1. The van der Waals surface area contributed by atoms with E-state index in [1.54, 1.807) is 37.3 Å². The zero-order valence-corrected chi connectivity index (χ0v) is 19.0. The van der Waals surface area contributed by atoms with Gasteiger partial charge in [-0.1, -0.05) is 54.6 Å². The fourth-order valence-electron chi connectivity index (χ4n) is 5.32. The molecule has 1 fully saturated rings. The standard InChI is InChI=1S/C28H27FN2O2/c1-19-15-22(17-23(29)16-19)28(26(32)24-9-5-6-10-25(24)27(28)33)31-13-11-30(12-14-31)18-21-8-4-3-7-20(21)2/h3-10,15-17H,11-14,18H2,1-2H3. The van der Waals surface area contributed by atoms with Crippen molar-refractivity contribution in [3.63, 3.8) is 0 Å². The van der Waals surface area contributed by atoms with Crippen molar-refractivity contribution in [2.24, 2.45) is 0 Å². The monoisotopic (exact) mass is 442 g/mol. The molecule has 2 aliphatic rings. The largest absolute Gasteiger partial charge is 0.297 e. The van der Waals surface area contributed by atoms with Crippen LogP contribution in [0.15, 0.2) is 66.7 Å². The van der Waals surface area contributed by atoms with Crippen molar-refractivity contribution >= 4 is 11.6 Å². The van der Waals surface area contributed by atoms with E-state index in [0.29, 0.717) is 35.3 Å². The molecule has 0 spiro atoms. The summed E-state index contributed by atoms with van der Waals surface area (Å²) in [7, 11) is 0. The number of Topliss-reactive ketones (excluding diaryl/α,β-unsaturated/α-hetero) is 2. The molecule has 0 amide bonds. The van der Waals surface area contributed by atoms with Crippen molar-refractivity contribution < 1.29 is 14.0 Å². The first kappa shape index (κ1) is 21.7. The fourth-order valence-corrected chi connectivity index (χ4v) is 5.32. The lowest BCUT2D eigenvalue weighted by Gasteiger charge is -2.44. The van der Waals surface area contributed by atoms with Crippen LogP contribution in [0.25, 0.3) is 0 Å². The maximum atomic E-state index is 14.5. The van der Waals surface area contributed by atoms with Crippen LogP contribution in [0.4, 0.5) is 4.39 Å². The van der Waals surface area contributed by atoms with Crippen molar-refractivity contribution in [2.75, 3.05) is 26.2 Å². The Morgan fingerprint density at radius 3 is 2.03 bits per heavy atom. The van der Waals surface area contributed by atoms with E-state index < -0.39 is 11.4 Å². The van der Waals surface area contributed by atoms with E-state index in [9.17, 15) is 14.0 Å². The van der Waals surface area contributed by atoms with E-state index in [1.165, 1.54) is 23.3 Å². The minimum atomic E-state index is -1.51. The quantitative estimate of drug-likeness (QED) is 0.557. The Kier molecular flexibility index (Phi) is 5.47. The number of hydrogen-bond donors (Lipinski definition) is 0. The SMILES string of the molecule is Cc1cc(F)cc(C2(N3CCN(Cc4ccccc4C)CC3)C(=O)c3ccccc3C2=O)c1. The molecule has 1 heterocycles. The van der Waals surface area contributed by atoms with Gasteiger partial charge in [-0.2, -0.15) is 0 Å². The summed E-state index contributed by atoms with van der Waals surface area (Å²) in [5.41, 5.74) is 2.99. The van der Waals surface area contributed by atoms with Crippen LogP contribution in [0.3, 0.4) is 0 Å². The molecule has 0 aromatic heterocycles. The van der Waals surface area contributed by atoms with Crippen LogP contribution in [-0.2, 0) is 12.1 Å². The third-order valence-corrected chi connectivity index (χ3v) is 7.04. The summed E-state index contributed by atoms with van der Waals surface area (Å²) in [5, 5.41) is 0. The predicted molar refractivity (Wildman–Crippen MR) is 126 cm³/mol. The van der Waals surface area contributed by atoms with Crippen LogP contribution in [0.5, 0.6) is 0 Å². The topological polar surface area (TPSA) is 40.6 Å². The van der Waals surface area contributed by atoms with Gasteiger partial charge >= 0.3 is 0 Å². The maximum absolute atomic E-state index is 14.5. The summed E-state index contributed by atoms with van der Waals surface area (Å²) in [5.74, 6) is -0.931.